The number of piperidine rings is 1. The Balaban J connectivity index is 0.00000441. The van der Waals surface area contributed by atoms with Gasteiger partial charge < -0.3 is 10.1 Å². The van der Waals surface area contributed by atoms with Crippen LogP contribution in [0.25, 0.3) is 0 Å². The van der Waals surface area contributed by atoms with Crippen molar-refractivity contribution in [2.75, 3.05) is 40.3 Å². The summed E-state index contributed by atoms with van der Waals surface area (Å²) >= 11 is 0. The van der Waals surface area contributed by atoms with Crippen LogP contribution in [0, 0.1) is 11.8 Å². The molecule has 40 heavy (non-hydrogen) atoms. The SMILES string of the molecule is COC(=O)C1CCN(CC[C@@H](CN(C)S(=O)(=O)c2ccccc2)c2ccccc2)[C@H](NCC2CCCCC2)C1.Cl. The maximum Gasteiger partial charge on any atom is 0.308 e. The number of hydrogen-bond acceptors (Lipinski definition) is 6. The summed E-state index contributed by atoms with van der Waals surface area (Å²) in [5.41, 5.74) is 1.14. The zero-order valence-corrected chi connectivity index (χ0v) is 25.5. The van der Waals surface area contributed by atoms with Crippen molar-refractivity contribution >= 4 is 28.4 Å². The van der Waals surface area contributed by atoms with E-state index in [9.17, 15) is 13.2 Å². The van der Waals surface area contributed by atoms with Crippen molar-refractivity contribution in [1.29, 1.82) is 0 Å². The van der Waals surface area contributed by atoms with Crippen molar-refractivity contribution in [3.63, 3.8) is 0 Å². The molecule has 0 radical (unpaired) electrons. The van der Waals surface area contributed by atoms with Crippen LogP contribution in [-0.2, 0) is 19.6 Å². The van der Waals surface area contributed by atoms with Crippen molar-refractivity contribution in [3.8, 4) is 0 Å². The van der Waals surface area contributed by atoms with E-state index in [0.29, 0.717) is 17.4 Å². The summed E-state index contributed by atoms with van der Waals surface area (Å²) in [6.07, 6.45) is 8.98. The lowest BCUT2D eigenvalue weighted by atomic mass is 9.88. The monoisotopic (exact) mass is 591 g/mol. The van der Waals surface area contributed by atoms with E-state index in [2.05, 4.69) is 22.3 Å². The highest BCUT2D eigenvalue weighted by Crippen LogP contribution is 2.29. The number of nitrogens with one attached hydrogen (secondary N) is 1. The number of ether oxygens (including phenoxy) is 1. The number of methoxy groups -OCH3 is 1. The van der Waals surface area contributed by atoms with Crippen LogP contribution in [0.4, 0.5) is 0 Å². The largest absolute Gasteiger partial charge is 0.469 e. The molecule has 1 unspecified atom stereocenters. The second-order valence-corrected chi connectivity index (χ2v) is 13.2. The molecule has 7 nitrogen and oxygen atoms in total. The minimum atomic E-state index is -3.58. The van der Waals surface area contributed by atoms with Crippen LogP contribution in [0.2, 0.25) is 0 Å². The maximum atomic E-state index is 13.3. The molecule has 9 heteroatoms. The standard InChI is InChI=1S/C31H45N3O4S.ClH/c1-33(39(36,37)29-16-10-5-11-17-29)24-28(26-14-8-4-9-15-26)19-21-34-20-18-27(31(35)38-2)22-30(34)32-23-25-12-6-3-7-13-25;/h4-5,8-11,14-17,25,27-28,30,32H,3,6-7,12-13,18-24H2,1-2H3;1H/t27?,28-,30-;/m0./s1. The number of esters is 1. The van der Waals surface area contributed by atoms with E-state index in [1.807, 2.05) is 24.3 Å². The van der Waals surface area contributed by atoms with Gasteiger partial charge in [0.1, 0.15) is 0 Å². The number of nitrogens with zero attached hydrogens (tertiary/aromatic N) is 2. The molecule has 222 valence electrons. The molecule has 1 saturated heterocycles. The van der Waals surface area contributed by atoms with Gasteiger partial charge >= 0.3 is 5.97 Å². The van der Waals surface area contributed by atoms with Crippen LogP contribution >= 0.6 is 12.4 Å². The average molecular weight is 592 g/mol. The van der Waals surface area contributed by atoms with Crippen molar-refractivity contribution in [1.82, 2.24) is 14.5 Å². The van der Waals surface area contributed by atoms with Gasteiger partial charge in [-0.2, -0.15) is 0 Å². The number of carbonyl (C=O) groups is 1. The van der Waals surface area contributed by atoms with Crippen molar-refractivity contribution in [2.45, 2.75) is 68.3 Å². The van der Waals surface area contributed by atoms with E-state index in [4.69, 9.17) is 4.74 Å². The first-order chi connectivity index (χ1) is 18.9. The minimum absolute atomic E-state index is 0. The number of hydrogen-bond donors (Lipinski definition) is 1. The number of benzene rings is 2. The molecule has 0 bridgehead atoms. The number of rotatable bonds is 12. The third kappa shape index (κ3) is 8.76. The summed E-state index contributed by atoms with van der Waals surface area (Å²) in [7, 11) is -0.430. The molecule has 2 fully saturated rings. The summed E-state index contributed by atoms with van der Waals surface area (Å²) in [6.45, 7) is 3.03. The molecule has 1 heterocycles. The van der Waals surface area contributed by atoms with Crippen LogP contribution < -0.4 is 5.32 Å². The Bertz CT molecular complexity index is 1130. The lowest BCUT2D eigenvalue weighted by molar-refractivity contribution is -0.148. The van der Waals surface area contributed by atoms with E-state index in [1.54, 1.807) is 31.3 Å². The molecule has 0 spiro atoms. The second kappa shape index (κ2) is 15.9. The number of likely N-dealkylation sites (tertiary alicyclic amines) is 1. The third-order valence-electron chi connectivity index (χ3n) is 8.58. The van der Waals surface area contributed by atoms with Gasteiger partial charge in [0.25, 0.3) is 0 Å². The van der Waals surface area contributed by atoms with Crippen molar-refractivity contribution < 1.29 is 17.9 Å². The molecule has 1 aliphatic carbocycles. The van der Waals surface area contributed by atoms with Gasteiger partial charge in [0.05, 0.1) is 24.1 Å². The lowest BCUT2D eigenvalue weighted by Crippen LogP contribution is -2.53. The summed E-state index contributed by atoms with van der Waals surface area (Å²) in [4.78, 5) is 15.2. The Morgan fingerprint density at radius 1 is 1.02 bits per heavy atom. The Morgan fingerprint density at radius 2 is 1.68 bits per heavy atom. The number of sulfonamides is 1. The summed E-state index contributed by atoms with van der Waals surface area (Å²) in [6, 6.07) is 18.9. The first kappa shape index (κ1) is 32.5. The zero-order valence-electron chi connectivity index (χ0n) is 23.9. The molecule has 1 N–H and O–H groups in total. The highest BCUT2D eigenvalue weighted by Gasteiger charge is 2.34. The summed E-state index contributed by atoms with van der Waals surface area (Å²) < 4.78 is 33.1. The predicted molar refractivity (Wildman–Crippen MR) is 162 cm³/mol. The van der Waals surface area contributed by atoms with Gasteiger partial charge in [-0.25, -0.2) is 12.7 Å². The third-order valence-corrected chi connectivity index (χ3v) is 10.4. The van der Waals surface area contributed by atoms with E-state index in [1.165, 1.54) is 43.5 Å². The molecule has 0 amide bonds. The Labute approximate surface area is 247 Å². The molecule has 1 saturated carbocycles. The van der Waals surface area contributed by atoms with Crippen molar-refractivity contribution in [3.05, 3.63) is 66.2 Å². The highest BCUT2D eigenvalue weighted by atomic mass is 35.5. The molecular formula is C31H46ClN3O4S. The normalized spacial score (nSPS) is 21.5. The van der Waals surface area contributed by atoms with Crippen LogP contribution in [0.3, 0.4) is 0 Å². The molecule has 2 aromatic rings. The molecule has 4 rings (SSSR count). The van der Waals surface area contributed by atoms with Gasteiger partial charge in [-0.15, -0.1) is 12.4 Å². The van der Waals surface area contributed by atoms with Gasteiger partial charge in [0.2, 0.25) is 10.0 Å². The summed E-state index contributed by atoms with van der Waals surface area (Å²) in [5, 5.41) is 3.81. The molecule has 1 aliphatic heterocycles. The number of halogens is 1. The Kier molecular flexibility index (Phi) is 12.9. The molecule has 3 atom stereocenters. The van der Waals surface area contributed by atoms with Crippen LogP contribution in [0.15, 0.2) is 65.6 Å². The van der Waals surface area contributed by atoms with Gasteiger partial charge in [-0.3, -0.25) is 9.69 Å². The fourth-order valence-electron chi connectivity index (χ4n) is 6.16. The van der Waals surface area contributed by atoms with Gasteiger partial charge in [-0.1, -0.05) is 67.8 Å². The maximum absolute atomic E-state index is 13.3. The molecular weight excluding hydrogens is 546 g/mol. The fourth-order valence-corrected chi connectivity index (χ4v) is 7.40. The van der Waals surface area contributed by atoms with Crippen LogP contribution in [-0.4, -0.2) is 70.1 Å². The highest BCUT2D eigenvalue weighted by molar-refractivity contribution is 7.89. The predicted octanol–water partition coefficient (Wildman–Crippen LogP) is 5.28. The van der Waals surface area contributed by atoms with E-state index in [-0.39, 0.29) is 36.4 Å². The van der Waals surface area contributed by atoms with Crippen molar-refractivity contribution in [2.24, 2.45) is 11.8 Å². The lowest BCUT2D eigenvalue weighted by Gasteiger charge is -2.40. The topological polar surface area (TPSA) is 79.0 Å². The van der Waals surface area contributed by atoms with E-state index < -0.39 is 10.0 Å². The van der Waals surface area contributed by atoms with Crippen LogP contribution in [0.1, 0.15) is 62.8 Å². The quantitative estimate of drug-likeness (QED) is 0.338. The first-order valence-electron chi connectivity index (χ1n) is 14.5. The van der Waals surface area contributed by atoms with Gasteiger partial charge in [-0.05, 0) is 68.2 Å². The van der Waals surface area contributed by atoms with Crippen LogP contribution in [0.5, 0.6) is 0 Å². The zero-order chi connectivity index (χ0) is 27.7. The Morgan fingerprint density at radius 3 is 2.33 bits per heavy atom. The second-order valence-electron chi connectivity index (χ2n) is 11.2. The van der Waals surface area contributed by atoms with E-state index >= 15 is 0 Å². The number of carbonyl (C=O) groups excluding carboxylic acids is 1. The summed E-state index contributed by atoms with van der Waals surface area (Å²) in [5.74, 6) is 0.552. The number of likely N-dealkylation sites (N-methyl/N-ethyl adjacent to an activating group) is 1. The van der Waals surface area contributed by atoms with E-state index in [0.717, 1.165) is 44.5 Å². The molecule has 2 aromatic carbocycles. The fraction of sp³-hybridized carbons (Fsp3) is 0.581. The molecule has 0 aromatic heterocycles. The van der Waals surface area contributed by atoms with Gasteiger partial charge in [0.15, 0.2) is 0 Å². The minimum Gasteiger partial charge on any atom is -0.469 e. The Hall–Kier alpha value is -1.97. The smallest absolute Gasteiger partial charge is 0.308 e. The first-order valence-corrected chi connectivity index (χ1v) is 15.9. The van der Waals surface area contributed by atoms with Gasteiger partial charge in [0, 0.05) is 26.7 Å². The average Bonchev–Trinajstić information content (AvgIpc) is 2.99. The molecule has 2 aliphatic rings.